The number of anilines is 1. The van der Waals surface area contributed by atoms with E-state index in [-0.39, 0.29) is 0 Å². The Kier molecular flexibility index (Phi) is 5.71. The van der Waals surface area contributed by atoms with E-state index in [0.29, 0.717) is 16.4 Å². The molecule has 0 aliphatic rings. The molecule has 2 heterocycles. The topological polar surface area (TPSA) is 58.1 Å². The number of benzene rings is 1. The van der Waals surface area contributed by atoms with Gasteiger partial charge in [0.25, 0.3) is 0 Å². The highest BCUT2D eigenvalue weighted by atomic mass is 32.1. The van der Waals surface area contributed by atoms with Crippen molar-refractivity contribution in [1.29, 1.82) is 0 Å². The van der Waals surface area contributed by atoms with E-state index >= 15 is 0 Å². The molecule has 3 aromatic rings. The van der Waals surface area contributed by atoms with Crippen LogP contribution in [-0.2, 0) is 0 Å². The molecule has 6 nitrogen and oxygen atoms in total. The van der Waals surface area contributed by atoms with Crippen molar-refractivity contribution in [2.24, 2.45) is 10.2 Å². The molecule has 0 aliphatic heterocycles. The first-order valence-electron chi connectivity index (χ1n) is 8.24. The van der Waals surface area contributed by atoms with Crippen LogP contribution in [0.3, 0.4) is 0 Å². The van der Waals surface area contributed by atoms with Crippen LogP contribution in [0.2, 0.25) is 0 Å². The van der Waals surface area contributed by atoms with Crippen molar-refractivity contribution in [3.63, 3.8) is 0 Å². The molecule has 26 heavy (non-hydrogen) atoms. The zero-order valence-corrected chi connectivity index (χ0v) is 16.4. The molecule has 0 N–H and O–H groups in total. The third-order valence-electron chi connectivity index (χ3n) is 3.84. The highest BCUT2D eigenvalue weighted by molar-refractivity contribution is 7.19. The van der Waals surface area contributed by atoms with Crippen LogP contribution in [0.4, 0.5) is 20.8 Å². The van der Waals surface area contributed by atoms with Gasteiger partial charge >= 0.3 is 0 Å². The Bertz CT molecular complexity index is 948. The second-order valence-electron chi connectivity index (χ2n) is 5.42. The largest absolute Gasteiger partial charge is 0.349 e. The van der Waals surface area contributed by atoms with Gasteiger partial charge in [0.15, 0.2) is 15.1 Å². The SMILES string of the molecule is [C-]#[N+]c1c(C)nsc1N=Nc1sc(N(CC)CC)nc1-c1ccccc1. The number of nitrogens with zero attached hydrogens (tertiary/aromatic N) is 6. The van der Waals surface area contributed by atoms with Gasteiger partial charge in [-0.2, -0.15) is 0 Å². The number of aryl methyl sites for hydroxylation is 1. The van der Waals surface area contributed by atoms with E-state index in [1.807, 2.05) is 37.3 Å². The van der Waals surface area contributed by atoms with Crippen molar-refractivity contribution in [2.75, 3.05) is 18.0 Å². The maximum atomic E-state index is 7.29. The fourth-order valence-electron chi connectivity index (χ4n) is 2.42. The summed E-state index contributed by atoms with van der Waals surface area (Å²) in [5.41, 5.74) is 2.97. The Labute approximate surface area is 160 Å². The second kappa shape index (κ2) is 8.17. The molecule has 1 aromatic carbocycles. The monoisotopic (exact) mass is 382 g/mol. The summed E-state index contributed by atoms with van der Waals surface area (Å²) in [5, 5.41) is 10.9. The average Bonchev–Trinajstić information content (AvgIpc) is 3.25. The van der Waals surface area contributed by atoms with Crippen molar-refractivity contribution < 1.29 is 0 Å². The summed E-state index contributed by atoms with van der Waals surface area (Å²) in [6.07, 6.45) is 0. The normalized spacial score (nSPS) is 11.0. The van der Waals surface area contributed by atoms with E-state index in [4.69, 9.17) is 11.6 Å². The minimum Gasteiger partial charge on any atom is -0.349 e. The Morgan fingerprint density at radius 3 is 2.46 bits per heavy atom. The second-order valence-corrected chi connectivity index (χ2v) is 7.13. The lowest BCUT2D eigenvalue weighted by Gasteiger charge is -2.16. The summed E-state index contributed by atoms with van der Waals surface area (Å²) in [6, 6.07) is 9.97. The van der Waals surface area contributed by atoms with E-state index in [9.17, 15) is 0 Å². The first kappa shape index (κ1) is 18.2. The summed E-state index contributed by atoms with van der Waals surface area (Å²) in [4.78, 5) is 10.5. The summed E-state index contributed by atoms with van der Waals surface area (Å²) < 4.78 is 4.19. The van der Waals surface area contributed by atoms with Gasteiger partial charge in [-0.3, -0.25) is 0 Å². The lowest BCUT2D eigenvalue weighted by molar-refractivity contribution is 0.860. The Morgan fingerprint density at radius 1 is 1.12 bits per heavy atom. The number of aromatic nitrogens is 2. The van der Waals surface area contributed by atoms with E-state index in [1.54, 1.807) is 0 Å². The smallest absolute Gasteiger partial charge is 0.247 e. The summed E-state index contributed by atoms with van der Waals surface area (Å²) >= 11 is 2.71. The minimum atomic E-state index is 0.466. The minimum absolute atomic E-state index is 0.466. The van der Waals surface area contributed by atoms with E-state index < -0.39 is 0 Å². The van der Waals surface area contributed by atoms with Crippen molar-refractivity contribution in [3.8, 4) is 11.3 Å². The number of azo groups is 1. The van der Waals surface area contributed by atoms with Crippen LogP contribution in [0.1, 0.15) is 19.5 Å². The third-order valence-corrected chi connectivity index (χ3v) is 5.65. The Balaban J connectivity index is 2.04. The van der Waals surface area contributed by atoms with Crippen LogP contribution in [0.5, 0.6) is 0 Å². The molecule has 8 heteroatoms. The maximum Gasteiger partial charge on any atom is 0.247 e. The number of hydrogen-bond donors (Lipinski definition) is 0. The molecule has 0 saturated heterocycles. The fraction of sp³-hybridized carbons (Fsp3) is 0.278. The lowest BCUT2D eigenvalue weighted by Crippen LogP contribution is -2.21. The Morgan fingerprint density at radius 2 is 1.81 bits per heavy atom. The van der Waals surface area contributed by atoms with Gasteiger partial charge < -0.3 is 4.90 Å². The van der Waals surface area contributed by atoms with Crippen LogP contribution in [0.15, 0.2) is 40.6 Å². The number of thiazole rings is 1. The highest BCUT2D eigenvalue weighted by Gasteiger charge is 2.17. The molecule has 0 saturated carbocycles. The number of hydrogen-bond acceptors (Lipinski definition) is 7. The molecule has 0 aliphatic carbocycles. The Hall–Kier alpha value is -2.63. The molecule has 2 aromatic heterocycles. The van der Waals surface area contributed by atoms with Crippen molar-refractivity contribution in [2.45, 2.75) is 20.8 Å². The molecule has 0 amide bonds. The standard InChI is InChI=1S/C18H18N6S2/c1-5-24(6-2)18-20-15(13-10-8-7-9-11-13)16(25-18)21-22-17-14(19-4)12(3)23-26-17/h7-11H,5-6H2,1-3H3. The van der Waals surface area contributed by atoms with Crippen LogP contribution >= 0.6 is 22.9 Å². The molecule has 0 fully saturated rings. The van der Waals surface area contributed by atoms with E-state index in [0.717, 1.165) is 34.5 Å². The maximum absolute atomic E-state index is 7.29. The average molecular weight is 383 g/mol. The van der Waals surface area contributed by atoms with Gasteiger partial charge in [0.2, 0.25) is 5.69 Å². The predicted molar refractivity (Wildman–Crippen MR) is 108 cm³/mol. The van der Waals surface area contributed by atoms with Gasteiger partial charge in [-0.25, -0.2) is 14.2 Å². The van der Waals surface area contributed by atoms with Gasteiger partial charge in [0.1, 0.15) is 5.69 Å². The first-order chi connectivity index (χ1) is 12.7. The summed E-state index contributed by atoms with van der Waals surface area (Å²) in [5.74, 6) is 0. The molecule has 0 bridgehead atoms. The number of rotatable bonds is 6. The summed E-state index contributed by atoms with van der Waals surface area (Å²) in [6.45, 7) is 15.1. The quantitative estimate of drug-likeness (QED) is 0.367. The fourth-order valence-corrected chi connectivity index (χ4v) is 4.13. The third kappa shape index (κ3) is 3.64. The van der Waals surface area contributed by atoms with Crippen LogP contribution in [-0.4, -0.2) is 22.4 Å². The van der Waals surface area contributed by atoms with E-state index in [2.05, 4.69) is 38.2 Å². The molecule has 3 rings (SSSR count). The zero-order valence-electron chi connectivity index (χ0n) is 14.8. The van der Waals surface area contributed by atoms with Crippen molar-refractivity contribution in [1.82, 2.24) is 9.36 Å². The summed E-state index contributed by atoms with van der Waals surface area (Å²) in [7, 11) is 0. The van der Waals surface area contributed by atoms with Gasteiger partial charge in [0, 0.05) is 18.7 Å². The van der Waals surface area contributed by atoms with Gasteiger partial charge in [-0.1, -0.05) is 41.7 Å². The van der Waals surface area contributed by atoms with Gasteiger partial charge in [0.05, 0.1) is 12.3 Å². The predicted octanol–water partition coefficient (Wildman–Crippen LogP) is 6.39. The zero-order chi connectivity index (χ0) is 18.5. The molecule has 132 valence electrons. The highest BCUT2D eigenvalue weighted by Crippen LogP contribution is 2.42. The first-order valence-corrected chi connectivity index (χ1v) is 9.83. The van der Waals surface area contributed by atoms with Crippen LogP contribution < -0.4 is 4.90 Å². The lowest BCUT2D eigenvalue weighted by atomic mass is 10.2. The molecule has 0 atom stereocenters. The molecule has 0 radical (unpaired) electrons. The van der Waals surface area contributed by atoms with Crippen LogP contribution in [0, 0.1) is 13.5 Å². The molecular weight excluding hydrogens is 364 g/mol. The van der Waals surface area contributed by atoms with Gasteiger partial charge in [-0.05, 0) is 32.3 Å². The molecule has 0 unspecified atom stereocenters. The van der Waals surface area contributed by atoms with Crippen LogP contribution in [0.25, 0.3) is 16.1 Å². The molecule has 0 spiro atoms. The van der Waals surface area contributed by atoms with Crippen molar-refractivity contribution in [3.05, 3.63) is 47.4 Å². The van der Waals surface area contributed by atoms with E-state index in [1.165, 1.54) is 22.9 Å². The van der Waals surface area contributed by atoms with Gasteiger partial charge in [-0.15, -0.1) is 10.2 Å². The van der Waals surface area contributed by atoms with Crippen molar-refractivity contribution >= 4 is 43.7 Å². The molecular formula is C18H18N6S2.